The number of benzene rings is 1. The second-order valence-electron chi connectivity index (χ2n) is 4.25. The maximum absolute atomic E-state index is 11.9. The van der Waals surface area contributed by atoms with Crippen LogP contribution in [-0.2, 0) is 9.53 Å². The summed E-state index contributed by atoms with van der Waals surface area (Å²) in [7, 11) is 1.44. The SMILES string of the molecule is COC(=O)C(Nc1ccccc1Br)C1CCSC1. The molecule has 0 saturated carbocycles. The molecular weight excluding hydrogens is 314 g/mol. The summed E-state index contributed by atoms with van der Waals surface area (Å²) in [5, 5.41) is 3.31. The molecule has 0 bridgehead atoms. The molecule has 1 aromatic rings. The monoisotopic (exact) mass is 329 g/mol. The van der Waals surface area contributed by atoms with Crippen molar-refractivity contribution < 1.29 is 9.53 Å². The number of thioether (sulfide) groups is 1. The highest BCUT2D eigenvalue weighted by atomic mass is 79.9. The maximum Gasteiger partial charge on any atom is 0.328 e. The van der Waals surface area contributed by atoms with Crippen molar-refractivity contribution in [2.24, 2.45) is 5.92 Å². The molecular formula is C13H16BrNO2S. The number of halogens is 1. The van der Waals surface area contributed by atoms with Crippen LogP contribution in [0, 0.1) is 5.92 Å². The van der Waals surface area contributed by atoms with Crippen LogP contribution < -0.4 is 5.32 Å². The first-order valence-electron chi connectivity index (χ1n) is 5.89. The van der Waals surface area contributed by atoms with Crippen LogP contribution in [0.15, 0.2) is 28.7 Å². The van der Waals surface area contributed by atoms with E-state index in [1.165, 1.54) is 7.11 Å². The highest BCUT2D eigenvalue weighted by Gasteiger charge is 2.32. The molecule has 5 heteroatoms. The fourth-order valence-corrected chi connectivity index (χ4v) is 3.75. The Labute approximate surface area is 120 Å². The molecule has 1 N–H and O–H groups in total. The number of para-hydroxylation sites is 1. The van der Waals surface area contributed by atoms with Crippen LogP contribution in [-0.4, -0.2) is 30.6 Å². The molecule has 2 rings (SSSR count). The minimum absolute atomic E-state index is 0.182. The van der Waals surface area contributed by atoms with Crippen LogP contribution >= 0.6 is 27.7 Å². The van der Waals surface area contributed by atoms with E-state index in [-0.39, 0.29) is 12.0 Å². The lowest BCUT2D eigenvalue weighted by atomic mass is 9.99. The van der Waals surface area contributed by atoms with E-state index < -0.39 is 0 Å². The van der Waals surface area contributed by atoms with Crippen LogP contribution in [0.4, 0.5) is 5.69 Å². The van der Waals surface area contributed by atoms with Gasteiger partial charge in [-0.3, -0.25) is 0 Å². The van der Waals surface area contributed by atoms with Gasteiger partial charge in [0.1, 0.15) is 6.04 Å². The number of methoxy groups -OCH3 is 1. The molecule has 0 aliphatic carbocycles. The van der Waals surface area contributed by atoms with E-state index in [2.05, 4.69) is 21.2 Å². The van der Waals surface area contributed by atoms with E-state index in [1.807, 2.05) is 36.0 Å². The highest BCUT2D eigenvalue weighted by molar-refractivity contribution is 9.10. The van der Waals surface area contributed by atoms with Gasteiger partial charge < -0.3 is 10.1 Å². The molecule has 2 atom stereocenters. The first kappa shape index (κ1) is 13.7. The van der Waals surface area contributed by atoms with Gasteiger partial charge in [-0.15, -0.1) is 0 Å². The summed E-state index contributed by atoms with van der Waals surface area (Å²) in [5.74, 6) is 2.29. The second-order valence-corrected chi connectivity index (χ2v) is 6.25. The normalized spacial score (nSPS) is 20.4. The molecule has 1 heterocycles. The van der Waals surface area contributed by atoms with Crippen molar-refractivity contribution in [3.05, 3.63) is 28.7 Å². The molecule has 0 aromatic heterocycles. The van der Waals surface area contributed by atoms with E-state index in [4.69, 9.17) is 4.74 Å². The smallest absolute Gasteiger partial charge is 0.328 e. The number of nitrogens with one attached hydrogen (secondary N) is 1. The zero-order chi connectivity index (χ0) is 13.0. The van der Waals surface area contributed by atoms with E-state index in [1.54, 1.807) is 0 Å². The maximum atomic E-state index is 11.9. The van der Waals surface area contributed by atoms with E-state index in [9.17, 15) is 4.79 Å². The second kappa shape index (κ2) is 6.48. The number of anilines is 1. The van der Waals surface area contributed by atoms with Gasteiger partial charge in [0.25, 0.3) is 0 Å². The molecule has 0 spiro atoms. The number of ether oxygens (including phenoxy) is 1. The Morgan fingerprint density at radius 2 is 2.33 bits per heavy atom. The standard InChI is InChI=1S/C13H16BrNO2S/c1-17-13(16)12(9-6-7-18-8-9)15-11-5-3-2-4-10(11)14/h2-5,9,12,15H,6-8H2,1H3. The van der Waals surface area contributed by atoms with Gasteiger partial charge >= 0.3 is 5.97 Å². The summed E-state index contributed by atoms with van der Waals surface area (Å²) >= 11 is 5.38. The van der Waals surface area contributed by atoms with Crippen LogP contribution in [0.3, 0.4) is 0 Å². The predicted octanol–water partition coefficient (Wildman–Crippen LogP) is 3.16. The first-order valence-corrected chi connectivity index (χ1v) is 7.84. The Morgan fingerprint density at radius 1 is 1.56 bits per heavy atom. The largest absolute Gasteiger partial charge is 0.467 e. The number of carbonyl (C=O) groups is 1. The summed E-state index contributed by atoms with van der Waals surface area (Å²) in [6, 6.07) is 7.56. The average molecular weight is 330 g/mol. The number of esters is 1. The van der Waals surface area contributed by atoms with Crippen LogP contribution in [0.2, 0.25) is 0 Å². The Kier molecular flexibility index (Phi) is 4.95. The van der Waals surface area contributed by atoms with Crippen molar-refractivity contribution in [1.29, 1.82) is 0 Å². The highest BCUT2D eigenvalue weighted by Crippen LogP contribution is 2.30. The zero-order valence-electron chi connectivity index (χ0n) is 10.2. The molecule has 98 valence electrons. The van der Waals surface area contributed by atoms with Crippen LogP contribution in [0.1, 0.15) is 6.42 Å². The van der Waals surface area contributed by atoms with Crippen molar-refractivity contribution in [1.82, 2.24) is 0 Å². The lowest BCUT2D eigenvalue weighted by Crippen LogP contribution is -2.38. The number of hydrogen-bond acceptors (Lipinski definition) is 4. The van der Waals surface area contributed by atoms with Gasteiger partial charge in [0, 0.05) is 10.2 Å². The fourth-order valence-electron chi connectivity index (χ4n) is 2.06. The third-order valence-electron chi connectivity index (χ3n) is 3.08. The fraction of sp³-hybridized carbons (Fsp3) is 0.462. The Balaban J connectivity index is 2.14. The van der Waals surface area contributed by atoms with Gasteiger partial charge in [-0.25, -0.2) is 4.79 Å². The van der Waals surface area contributed by atoms with E-state index >= 15 is 0 Å². The molecule has 1 fully saturated rings. The number of carbonyl (C=O) groups excluding carboxylic acids is 1. The predicted molar refractivity (Wildman–Crippen MR) is 79.0 cm³/mol. The summed E-state index contributed by atoms with van der Waals surface area (Å²) in [6.07, 6.45) is 1.06. The molecule has 2 unspecified atom stereocenters. The van der Waals surface area contributed by atoms with Gasteiger partial charge in [0.05, 0.1) is 7.11 Å². The Bertz CT molecular complexity index is 421. The summed E-state index contributed by atoms with van der Waals surface area (Å²) in [5.41, 5.74) is 0.935. The van der Waals surface area contributed by atoms with Crippen LogP contribution in [0.25, 0.3) is 0 Å². The summed E-state index contributed by atoms with van der Waals surface area (Å²) < 4.78 is 5.87. The lowest BCUT2D eigenvalue weighted by Gasteiger charge is -2.23. The topological polar surface area (TPSA) is 38.3 Å². The third kappa shape index (κ3) is 3.20. The molecule has 18 heavy (non-hydrogen) atoms. The van der Waals surface area contributed by atoms with Crippen molar-refractivity contribution in [3.8, 4) is 0 Å². The molecule has 1 aromatic carbocycles. The zero-order valence-corrected chi connectivity index (χ0v) is 12.6. The molecule has 0 radical (unpaired) electrons. The molecule has 1 aliphatic rings. The molecule has 0 amide bonds. The van der Waals surface area contributed by atoms with Gasteiger partial charge in [0.2, 0.25) is 0 Å². The first-order chi connectivity index (χ1) is 8.72. The van der Waals surface area contributed by atoms with Crippen molar-refractivity contribution >= 4 is 39.3 Å². The van der Waals surface area contributed by atoms with Gasteiger partial charge in [-0.2, -0.15) is 11.8 Å². The molecule has 3 nitrogen and oxygen atoms in total. The molecule has 1 aliphatic heterocycles. The van der Waals surface area contributed by atoms with Gasteiger partial charge in [-0.05, 0) is 51.9 Å². The lowest BCUT2D eigenvalue weighted by molar-refractivity contribution is -0.142. The third-order valence-corrected chi connectivity index (χ3v) is 4.96. The minimum atomic E-state index is -0.260. The number of hydrogen-bond donors (Lipinski definition) is 1. The van der Waals surface area contributed by atoms with Crippen molar-refractivity contribution in [3.63, 3.8) is 0 Å². The van der Waals surface area contributed by atoms with Crippen LogP contribution in [0.5, 0.6) is 0 Å². The van der Waals surface area contributed by atoms with E-state index in [0.717, 1.165) is 28.1 Å². The average Bonchev–Trinajstić information content (AvgIpc) is 2.90. The van der Waals surface area contributed by atoms with Gasteiger partial charge in [-0.1, -0.05) is 12.1 Å². The Morgan fingerprint density at radius 3 is 2.94 bits per heavy atom. The van der Waals surface area contributed by atoms with Crippen molar-refractivity contribution in [2.45, 2.75) is 12.5 Å². The Hall–Kier alpha value is -0.680. The number of rotatable bonds is 4. The summed E-state index contributed by atoms with van der Waals surface area (Å²) in [6.45, 7) is 0. The quantitative estimate of drug-likeness (QED) is 0.861. The van der Waals surface area contributed by atoms with Crippen molar-refractivity contribution in [2.75, 3.05) is 23.9 Å². The summed E-state index contributed by atoms with van der Waals surface area (Å²) in [4.78, 5) is 11.9. The van der Waals surface area contributed by atoms with Gasteiger partial charge in [0.15, 0.2) is 0 Å². The molecule has 1 saturated heterocycles. The van der Waals surface area contributed by atoms with E-state index in [0.29, 0.717) is 5.92 Å². The minimum Gasteiger partial charge on any atom is -0.467 e.